The largest absolute Gasteiger partial charge is 0.748 e. The van der Waals surface area contributed by atoms with E-state index >= 15 is 0 Å². The molecule has 3 aromatic carbocycles. The van der Waals surface area contributed by atoms with Gasteiger partial charge in [0.1, 0.15) is 0 Å². The number of rotatable bonds is 2. The minimum absolute atomic E-state index is 0. The van der Waals surface area contributed by atoms with Crippen molar-refractivity contribution < 1.29 is 17.1 Å². The smallest absolute Gasteiger partial charge is 0 e. The van der Waals surface area contributed by atoms with Crippen LogP contribution in [-0.4, -0.2) is 0 Å². The molecule has 0 aliphatic heterocycles. The zero-order valence-corrected chi connectivity index (χ0v) is 13.9. The quantitative estimate of drug-likeness (QED) is 0.419. The molecular formula is C21H22Fe-6. The Morgan fingerprint density at radius 2 is 1.23 bits per heavy atom. The monoisotopic (exact) mass is 330 g/mol. The van der Waals surface area contributed by atoms with Gasteiger partial charge in [-0.25, -0.2) is 12.1 Å². The molecule has 0 atom stereocenters. The van der Waals surface area contributed by atoms with Crippen molar-refractivity contribution in [3.05, 3.63) is 96.1 Å². The summed E-state index contributed by atoms with van der Waals surface area (Å²) in [6.07, 6.45) is 5.34. The molecule has 22 heavy (non-hydrogen) atoms. The normalized spacial score (nSPS) is 15.5. The molecule has 0 saturated heterocycles. The predicted octanol–water partition coefficient (Wildman–Crippen LogP) is 5.67. The van der Waals surface area contributed by atoms with E-state index < -0.39 is 0 Å². The Morgan fingerprint density at radius 1 is 0.727 bits per heavy atom. The molecule has 1 aliphatic carbocycles. The third kappa shape index (κ3) is 3.61. The fraction of sp³-hybridized carbons (Fsp3) is 0.238. The van der Waals surface area contributed by atoms with E-state index in [0.717, 1.165) is 0 Å². The van der Waals surface area contributed by atoms with Gasteiger partial charge in [-0.3, -0.25) is 0 Å². The Morgan fingerprint density at radius 3 is 1.73 bits per heavy atom. The molecule has 0 amide bonds. The van der Waals surface area contributed by atoms with Gasteiger partial charge in [0.25, 0.3) is 0 Å². The predicted molar refractivity (Wildman–Crippen MR) is 89.8 cm³/mol. The molecule has 3 aromatic rings. The van der Waals surface area contributed by atoms with Crippen LogP contribution in [0.3, 0.4) is 0 Å². The van der Waals surface area contributed by atoms with Gasteiger partial charge < -0.3 is 30.3 Å². The van der Waals surface area contributed by atoms with E-state index in [1.54, 1.807) is 0 Å². The topological polar surface area (TPSA) is 0 Å². The summed E-state index contributed by atoms with van der Waals surface area (Å²) < 4.78 is 0. The van der Waals surface area contributed by atoms with Gasteiger partial charge in [-0.15, -0.1) is 5.56 Å². The number of hydrogen-bond acceptors (Lipinski definition) is 0. The maximum Gasteiger partial charge on any atom is 0 e. The van der Waals surface area contributed by atoms with Crippen LogP contribution >= 0.6 is 0 Å². The van der Waals surface area contributed by atoms with Crippen molar-refractivity contribution in [1.29, 1.82) is 0 Å². The fourth-order valence-corrected chi connectivity index (χ4v) is 3.49. The molecule has 0 unspecified atom stereocenters. The first kappa shape index (κ1) is 16.8. The maximum absolute atomic E-state index is 2.29. The second-order valence-electron chi connectivity index (χ2n) is 5.79. The average molecular weight is 330 g/mol. The molecule has 4 rings (SSSR count). The summed E-state index contributed by atoms with van der Waals surface area (Å²) in [5.41, 5.74) is 3.32. The molecular weight excluding hydrogens is 308 g/mol. The molecule has 0 bridgehead atoms. The van der Waals surface area contributed by atoms with Crippen molar-refractivity contribution >= 4 is 0 Å². The molecule has 1 fully saturated rings. The molecule has 0 heterocycles. The van der Waals surface area contributed by atoms with E-state index in [2.05, 4.69) is 54.6 Å². The molecule has 1 aliphatic rings. The second kappa shape index (κ2) is 8.17. The summed E-state index contributed by atoms with van der Waals surface area (Å²) in [7, 11) is 0. The van der Waals surface area contributed by atoms with Crippen molar-refractivity contribution in [3.63, 3.8) is 0 Å². The number of hydrogen-bond donors (Lipinski definition) is 0. The van der Waals surface area contributed by atoms with Crippen LogP contribution in [0.25, 0.3) is 0 Å². The zero-order chi connectivity index (χ0) is 14.4. The second-order valence-corrected chi connectivity index (χ2v) is 5.79. The summed E-state index contributed by atoms with van der Waals surface area (Å²) in [6.45, 7) is 0. The van der Waals surface area contributed by atoms with Crippen LogP contribution in [-0.2, 0) is 22.5 Å². The number of benzene rings is 1. The first-order valence-corrected chi connectivity index (χ1v) is 7.86. The van der Waals surface area contributed by atoms with Gasteiger partial charge in [0, 0.05) is 17.1 Å². The van der Waals surface area contributed by atoms with Gasteiger partial charge in [-0.05, 0) is 11.0 Å². The van der Waals surface area contributed by atoms with Gasteiger partial charge in [0.15, 0.2) is 0 Å². The van der Waals surface area contributed by atoms with Crippen LogP contribution < -0.4 is 0 Å². The minimum atomic E-state index is 0. The summed E-state index contributed by atoms with van der Waals surface area (Å²) >= 11 is 0. The fourth-order valence-electron chi connectivity index (χ4n) is 3.49. The standard InChI is InChI=1S/C16H17.C5H5.Fe/c1-2-8-14(9-3-1)16(12-6-7-13-16)15-10-4-5-11-15;1-2-4-5-3-1;/h1-5,8-11H,6-7,12-13H2;1-5H;/q-1;-5;. The van der Waals surface area contributed by atoms with Crippen molar-refractivity contribution in [2.75, 3.05) is 0 Å². The third-order valence-electron chi connectivity index (χ3n) is 4.55. The Bertz CT molecular complexity index is 582. The van der Waals surface area contributed by atoms with Gasteiger partial charge in [-0.1, -0.05) is 56.0 Å². The first-order chi connectivity index (χ1) is 10.4. The van der Waals surface area contributed by atoms with Gasteiger partial charge >= 0.3 is 0 Å². The summed E-state index contributed by atoms with van der Waals surface area (Å²) in [6, 6.07) is 29.9. The summed E-state index contributed by atoms with van der Waals surface area (Å²) in [4.78, 5) is 0. The van der Waals surface area contributed by atoms with E-state index in [1.165, 1.54) is 36.8 Å². The maximum atomic E-state index is 2.29. The molecule has 1 saturated carbocycles. The molecule has 0 radical (unpaired) electrons. The van der Waals surface area contributed by atoms with Crippen molar-refractivity contribution in [1.82, 2.24) is 0 Å². The van der Waals surface area contributed by atoms with Gasteiger partial charge in [0.05, 0.1) is 0 Å². The van der Waals surface area contributed by atoms with Crippen LogP contribution in [0.2, 0.25) is 0 Å². The van der Waals surface area contributed by atoms with Crippen LogP contribution in [0.4, 0.5) is 0 Å². The molecule has 0 aromatic heterocycles. The van der Waals surface area contributed by atoms with Crippen LogP contribution in [0.1, 0.15) is 36.8 Å². The Labute approximate surface area is 144 Å². The van der Waals surface area contributed by atoms with Crippen LogP contribution in [0.5, 0.6) is 0 Å². The van der Waals surface area contributed by atoms with E-state index in [1.807, 2.05) is 30.3 Å². The molecule has 120 valence electrons. The summed E-state index contributed by atoms with van der Waals surface area (Å²) in [5, 5.41) is 0. The van der Waals surface area contributed by atoms with Crippen molar-refractivity contribution in [3.8, 4) is 0 Å². The molecule has 0 N–H and O–H groups in total. The molecule has 0 spiro atoms. The Kier molecular flexibility index (Phi) is 6.24. The van der Waals surface area contributed by atoms with Gasteiger partial charge in [-0.2, -0.15) is 12.1 Å². The van der Waals surface area contributed by atoms with Crippen molar-refractivity contribution in [2.45, 2.75) is 31.1 Å². The van der Waals surface area contributed by atoms with E-state index in [9.17, 15) is 0 Å². The van der Waals surface area contributed by atoms with Crippen LogP contribution in [0, 0.1) is 0 Å². The Hall–Kier alpha value is -1.56. The molecule has 1 heteroatoms. The summed E-state index contributed by atoms with van der Waals surface area (Å²) in [5.74, 6) is 0. The first-order valence-electron chi connectivity index (χ1n) is 7.86. The SMILES string of the molecule is [Fe].[cH-]1[cH-][cH-][cH-][cH-]1.c1ccc(C2([c-]3cccc3)CCCC2)cc1. The molecule has 0 nitrogen and oxygen atoms in total. The van der Waals surface area contributed by atoms with Crippen LogP contribution in [0.15, 0.2) is 84.9 Å². The Balaban J connectivity index is 0.000000253. The minimum Gasteiger partial charge on any atom is -0.748 e. The van der Waals surface area contributed by atoms with E-state index in [0.29, 0.717) is 5.41 Å². The average Bonchev–Trinajstić information content (AvgIpc) is 3.31. The van der Waals surface area contributed by atoms with E-state index in [-0.39, 0.29) is 17.1 Å². The third-order valence-corrected chi connectivity index (χ3v) is 4.55. The van der Waals surface area contributed by atoms with Gasteiger partial charge in [0.2, 0.25) is 0 Å². The van der Waals surface area contributed by atoms with Crippen molar-refractivity contribution in [2.24, 2.45) is 0 Å². The zero-order valence-electron chi connectivity index (χ0n) is 12.8. The van der Waals surface area contributed by atoms with E-state index in [4.69, 9.17) is 0 Å².